The van der Waals surface area contributed by atoms with Gasteiger partial charge in [0, 0.05) is 17.1 Å². The number of thioether (sulfide) groups is 1. The molecule has 34 heavy (non-hydrogen) atoms. The van der Waals surface area contributed by atoms with Crippen LogP contribution < -0.4 is 15.4 Å². The van der Waals surface area contributed by atoms with Crippen LogP contribution in [0.1, 0.15) is 44.4 Å². The third-order valence-electron chi connectivity index (χ3n) is 5.78. The van der Waals surface area contributed by atoms with E-state index in [2.05, 4.69) is 30.5 Å². The topological polar surface area (TPSA) is 81.1 Å². The van der Waals surface area contributed by atoms with E-state index in [-0.39, 0.29) is 11.9 Å². The van der Waals surface area contributed by atoms with Gasteiger partial charge in [-0.05, 0) is 55.5 Å². The Morgan fingerprint density at radius 1 is 1.21 bits per heavy atom. The van der Waals surface area contributed by atoms with E-state index in [9.17, 15) is 4.79 Å². The van der Waals surface area contributed by atoms with Crippen molar-refractivity contribution >= 4 is 29.3 Å². The molecule has 0 bridgehead atoms. The van der Waals surface area contributed by atoms with E-state index in [0.29, 0.717) is 22.6 Å². The number of para-hydroxylation sites is 1. The van der Waals surface area contributed by atoms with Crippen LogP contribution in [-0.2, 0) is 10.5 Å². The van der Waals surface area contributed by atoms with E-state index >= 15 is 0 Å². The lowest BCUT2D eigenvalue weighted by atomic mass is 9.94. The van der Waals surface area contributed by atoms with Crippen molar-refractivity contribution in [3.63, 3.8) is 0 Å². The Kier molecular flexibility index (Phi) is 7.26. The summed E-state index contributed by atoms with van der Waals surface area (Å²) in [7, 11) is 1.67. The molecule has 0 aliphatic carbocycles. The summed E-state index contributed by atoms with van der Waals surface area (Å²) in [6.45, 7) is 8.23. The van der Waals surface area contributed by atoms with Crippen LogP contribution in [0.15, 0.2) is 65.0 Å². The molecule has 0 saturated heterocycles. The maximum Gasteiger partial charge on any atom is 0.255 e. The number of hydrogen-bond acceptors (Lipinski definition) is 6. The summed E-state index contributed by atoms with van der Waals surface area (Å²) in [4.78, 5) is 18.1. The summed E-state index contributed by atoms with van der Waals surface area (Å²) < 4.78 is 7.19. The molecule has 0 spiro atoms. The summed E-state index contributed by atoms with van der Waals surface area (Å²) in [5.41, 5.74) is 4.47. The molecular weight excluding hydrogens is 446 g/mol. The van der Waals surface area contributed by atoms with Gasteiger partial charge in [0.05, 0.1) is 18.7 Å². The molecule has 8 heteroatoms. The standard InChI is InChI=1S/C26H31N5O2S/c1-16(2)13-22-23(24(32)28-21-12-7-6-9-17(21)3)18(4)27-25-29-26(30-31(22)25)34-15-19-10-8-11-20(14-19)33-5/h6-12,14,16,22H,13,15H2,1-5H3,(H,28,32)(H,27,29,30)/t22-/m0/s1. The van der Waals surface area contributed by atoms with E-state index in [4.69, 9.17) is 14.8 Å². The maximum absolute atomic E-state index is 13.4. The van der Waals surface area contributed by atoms with Crippen LogP contribution in [0.4, 0.5) is 11.6 Å². The molecule has 0 radical (unpaired) electrons. The molecule has 2 aromatic carbocycles. The number of methoxy groups -OCH3 is 1. The van der Waals surface area contributed by atoms with E-state index in [1.807, 2.05) is 61.0 Å². The minimum absolute atomic E-state index is 0.114. The van der Waals surface area contributed by atoms with Gasteiger partial charge in [0.1, 0.15) is 5.75 Å². The second kappa shape index (κ2) is 10.3. The number of aryl methyl sites for hydroxylation is 1. The third kappa shape index (κ3) is 5.28. The molecule has 1 aromatic heterocycles. The fraction of sp³-hybridized carbons (Fsp3) is 0.346. The summed E-state index contributed by atoms with van der Waals surface area (Å²) in [5.74, 6) is 2.49. The number of anilines is 2. The molecule has 2 N–H and O–H groups in total. The van der Waals surface area contributed by atoms with Gasteiger partial charge in [-0.25, -0.2) is 4.68 Å². The first kappa shape index (κ1) is 23.9. The number of carbonyl (C=O) groups is 1. The molecule has 1 aliphatic rings. The molecule has 1 aliphatic heterocycles. The Hall–Kier alpha value is -3.26. The number of hydrogen-bond donors (Lipinski definition) is 2. The van der Waals surface area contributed by atoms with Crippen molar-refractivity contribution in [3.8, 4) is 5.75 Å². The summed E-state index contributed by atoms with van der Waals surface area (Å²) >= 11 is 1.56. The molecule has 178 valence electrons. The summed E-state index contributed by atoms with van der Waals surface area (Å²) in [5, 5.41) is 11.9. The SMILES string of the molecule is COc1cccc(CSc2nc3n(n2)[C@@H](CC(C)C)C(C(=O)Nc2ccccc2C)=C(C)N3)c1. The molecule has 7 nitrogen and oxygen atoms in total. The highest BCUT2D eigenvalue weighted by molar-refractivity contribution is 7.98. The average molecular weight is 478 g/mol. The Labute approximate surface area is 205 Å². The number of nitrogens with one attached hydrogen (secondary N) is 2. The van der Waals surface area contributed by atoms with Gasteiger partial charge in [-0.2, -0.15) is 4.98 Å². The lowest BCUT2D eigenvalue weighted by Gasteiger charge is -2.29. The van der Waals surface area contributed by atoms with Gasteiger partial charge < -0.3 is 15.4 Å². The van der Waals surface area contributed by atoms with Crippen LogP contribution >= 0.6 is 11.8 Å². The third-order valence-corrected chi connectivity index (χ3v) is 6.69. The van der Waals surface area contributed by atoms with Gasteiger partial charge in [-0.3, -0.25) is 4.79 Å². The largest absolute Gasteiger partial charge is 0.497 e. The number of fused-ring (bicyclic) bond motifs is 1. The molecule has 4 rings (SSSR count). The van der Waals surface area contributed by atoms with Crippen molar-refractivity contribution in [1.82, 2.24) is 14.8 Å². The zero-order chi connectivity index (χ0) is 24.2. The highest BCUT2D eigenvalue weighted by Crippen LogP contribution is 2.36. The van der Waals surface area contributed by atoms with E-state index in [1.165, 1.54) is 0 Å². The molecule has 0 fully saturated rings. The van der Waals surface area contributed by atoms with Crippen LogP contribution in [0, 0.1) is 12.8 Å². The number of allylic oxidation sites excluding steroid dienone is 1. The highest BCUT2D eigenvalue weighted by atomic mass is 32.2. The molecule has 3 aromatic rings. The average Bonchev–Trinajstić information content (AvgIpc) is 3.21. The lowest BCUT2D eigenvalue weighted by molar-refractivity contribution is -0.113. The second-order valence-corrected chi connectivity index (χ2v) is 9.82. The van der Waals surface area contributed by atoms with E-state index in [0.717, 1.165) is 40.4 Å². The Bertz CT molecular complexity index is 1220. The molecule has 1 amide bonds. The molecule has 2 heterocycles. The number of aromatic nitrogens is 3. The van der Waals surface area contributed by atoms with Gasteiger partial charge in [-0.1, -0.05) is 55.9 Å². The number of ether oxygens (including phenoxy) is 1. The number of benzene rings is 2. The zero-order valence-corrected chi connectivity index (χ0v) is 21.1. The Morgan fingerprint density at radius 3 is 2.74 bits per heavy atom. The fourth-order valence-electron chi connectivity index (χ4n) is 4.07. The summed E-state index contributed by atoms with van der Waals surface area (Å²) in [6, 6.07) is 15.6. The molecule has 0 unspecified atom stereocenters. The van der Waals surface area contributed by atoms with E-state index < -0.39 is 0 Å². The van der Waals surface area contributed by atoms with Gasteiger partial charge in [0.2, 0.25) is 11.1 Å². The van der Waals surface area contributed by atoms with E-state index in [1.54, 1.807) is 18.9 Å². The van der Waals surface area contributed by atoms with Gasteiger partial charge >= 0.3 is 0 Å². The van der Waals surface area contributed by atoms with Crippen molar-refractivity contribution in [2.24, 2.45) is 5.92 Å². The van der Waals surface area contributed by atoms with Crippen LogP contribution in [0.25, 0.3) is 0 Å². The van der Waals surface area contributed by atoms with Crippen molar-refractivity contribution in [1.29, 1.82) is 0 Å². The number of rotatable bonds is 8. The predicted octanol–water partition coefficient (Wildman–Crippen LogP) is 5.81. The minimum Gasteiger partial charge on any atom is -0.497 e. The highest BCUT2D eigenvalue weighted by Gasteiger charge is 2.33. The normalized spacial score (nSPS) is 15.2. The first-order valence-electron chi connectivity index (χ1n) is 11.4. The van der Waals surface area contributed by atoms with Crippen LogP contribution in [0.2, 0.25) is 0 Å². The molecule has 0 saturated carbocycles. The Morgan fingerprint density at radius 2 is 2.00 bits per heavy atom. The minimum atomic E-state index is -0.195. The first-order valence-corrected chi connectivity index (χ1v) is 12.4. The van der Waals surface area contributed by atoms with Gasteiger partial charge in [0.15, 0.2) is 0 Å². The zero-order valence-electron chi connectivity index (χ0n) is 20.3. The van der Waals surface area contributed by atoms with Crippen LogP contribution in [-0.4, -0.2) is 27.8 Å². The Balaban J connectivity index is 1.57. The number of carbonyl (C=O) groups excluding carboxylic acids is 1. The van der Waals surface area contributed by atoms with Gasteiger partial charge in [0.25, 0.3) is 5.91 Å². The van der Waals surface area contributed by atoms with Crippen molar-refractivity contribution in [2.45, 2.75) is 51.1 Å². The second-order valence-electron chi connectivity index (χ2n) is 8.88. The lowest BCUT2D eigenvalue weighted by Crippen LogP contribution is -2.31. The summed E-state index contributed by atoms with van der Waals surface area (Å²) in [6.07, 6.45) is 0.784. The maximum atomic E-state index is 13.4. The van der Waals surface area contributed by atoms with Crippen molar-refractivity contribution < 1.29 is 9.53 Å². The number of nitrogens with zero attached hydrogens (tertiary/aromatic N) is 3. The predicted molar refractivity (Wildman–Crippen MR) is 137 cm³/mol. The smallest absolute Gasteiger partial charge is 0.255 e. The van der Waals surface area contributed by atoms with Gasteiger partial charge in [-0.15, -0.1) is 5.10 Å². The van der Waals surface area contributed by atoms with Crippen molar-refractivity contribution in [2.75, 3.05) is 17.7 Å². The van der Waals surface area contributed by atoms with Crippen molar-refractivity contribution in [3.05, 3.63) is 70.9 Å². The van der Waals surface area contributed by atoms with Crippen LogP contribution in [0.3, 0.4) is 0 Å². The quantitative estimate of drug-likeness (QED) is 0.398. The number of amides is 1. The molecular formula is C26H31N5O2S. The monoisotopic (exact) mass is 477 g/mol. The fourth-order valence-corrected chi connectivity index (χ4v) is 4.85. The molecule has 1 atom stereocenters. The first-order chi connectivity index (χ1) is 16.4. The van der Waals surface area contributed by atoms with Crippen LogP contribution in [0.5, 0.6) is 5.75 Å².